The second-order valence-corrected chi connectivity index (χ2v) is 6.49. The Kier molecular flexibility index (Phi) is 7.51. The number of hydrogen-bond acceptors (Lipinski definition) is 7. The number of nitrogens with zero attached hydrogens (tertiary/aromatic N) is 1. The molecule has 142 valence electrons. The summed E-state index contributed by atoms with van der Waals surface area (Å²) >= 11 is 1.20. The van der Waals surface area contributed by atoms with Gasteiger partial charge >= 0.3 is 5.97 Å². The molecule has 0 atom stereocenters. The van der Waals surface area contributed by atoms with Crippen molar-refractivity contribution in [1.29, 1.82) is 0 Å². The van der Waals surface area contributed by atoms with Crippen molar-refractivity contribution < 1.29 is 28.7 Å². The van der Waals surface area contributed by atoms with Gasteiger partial charge in [0.2, 0.25) is 5.78 Å². The Morgan fingerprint density at radius 3 is 2.44 bits per heavy atom. The van der Waals surface area contributed by atoms with Crippen molar-refractivity contribution in [3.63, 3.8) is 0 Å². The second kappa shape index (κ2) is 9.84. The van der Waals surface area contributed by atoms with Crippen LogP contribution >= 0.6 is 11.8 Å². The summed E-state index contributed by atoms with van der Waals surface area (Å²) < 4.78 is 19.6. The monoisotopic (exact) mass is 391 g/mol. The molecule has 0 saturated carbocycles. The highest BCUT2D eigenvalue weighted by atomic mass is 32.2. The van der Waals surface area contributed by atoms with Crippen LogP contribution in [0.4, 0.5) is 4.39 Å². The van der Waals surface area contributed by atoms with Crippen molar-refractivity contribution in [2.45, 2.75) is 23.6 Å². The molecule has 2 aromatic carbocycles. The molecule has 6 nitrogen and oxygen atoms in total. The van der Waals surface area contributed by atoms with Crippen LogP contribution in [0.1, 0.15) is 24.2 Å². The molecule has 0 bridgehead atoms. The zero-order chi connectivity index (χ0) is 19.8. The molecular weight excluding hydrogens is 373 g/mol. The number of benzene rings is 2. The molecule has 0 spiro atoms. The first-order valence-electron chi connectivity index (χ1n) is 7.98. The maximum atomic E-state index is 14.4. The van der Waals surface area contributed by atoms with E-state index in [-0.39, 0.29) is 24.5 Å². The van der Waals surface area contributed by atoms with Gasteiger partial charge in [0.15, 0.2) is 0 Å². The van der Waals surface area contributed by atoms with Gasteiger partial charge in [0.1, 0.15) is 23.9 Å². The average molecular weight is 391 g/mol. The van der Waals surface area contributed by atoms with E-state index in [9.17, 15) is 14.0 Å². The van der Waals surface area contributed by atoms with Crippen molar-refractivity contribution in [2.24, 2.45) is 5.16 Å². The minimum absolute atomic E-state index is 0.0523. The van der Waals surface area contributed by atoms with E-state index in [4.69, 9.17) is 9.84 Å². The Labute approximate surface area is 160 Å². The summed E-state index contributed by atoms with van der Waals surface area (Å²) in [5.41, 5.74) is 0.0569. The molecule has 2 aromatic rings. The standard InChI is InChI=1S/C19H18FNO5S/c1-12(21-26-13(2)23)19(24)14-3-8-18(17(20)11-14)27-16-6-4-15(5-7-16)25-10-9-22/h3-8,11,22H,9-10H2,1-2H3/b21-12+. The summed E-state index contributed by atoms with van der Waals surface area (Å²) in [6.07, 6.45) is 0. The molecule has 0 radical (unpaired) electrons. The predicted molar refractivity (Wildman–Crippen MR) is 98.8 cm³/mol. The maximum absolute atomic E-state index is 14.4. The van der Waals surface area contributed by atoms with Gasteiger partial charge in [0.25, 0.3) is 0 Å². The molecule has 8 heteroatoms. The summed E-state index contributed by atoms with van der Waals surface area (Å²) in [6.45, 7) is 2.68. The van der Waals surface area contributed by atoms with Crippen LogP contribution in [0.15, 0.2) is 57.4 Å². The lowest BCUT2D eigenvalue weighted by Gasteiger charge is -2.07. The van der Waals surface area contributed by atoms with E-state index in [0.717, 1.165) is 17.9 Å². The van der Waals surface area contributed by atoms with Crippen LogP contribution in [-0.4, -0.2) is 35.8 Å². The Morgan fingerprint density at radius 2 is 1.85 bits per heavy atom. The quantitative estimate of drug-likeness (QED) is 0.321. The number of ketones is 1. The summed E-state index contributed by atoms with van der Waals surface area (Å²) in [5, 5.41) is 12.1. The zero-order valence-corrected chi connectivity index (χ0v) is 15.6. The van der Waals surface area contributed by atoms with Gasteiger partial charge < -0.3 is 14.7 Å². The van der Waals surface area contributed by atoms with Crippen molar-refractivity contribution in [3.8, 4) is 5.75 Å². The molecule has 0 unspecified atom stereocenters. The molecule has 0 saturated heterocycles. The fourth-order valence-electron chi connectivity index (χ4n) is 2.00. The largest absolute Gasteiger partial charge is 0.491 e. The molecule has 0 aliphatic rings. The van der Waals surface area contributed by atoms with E-state index in [0.29, 0.717) is 10.6 Å². The zero-order valence-electron chi connectivity index (χ0n) is 14.8. The van der Waals surface area contributed by atoms with Crippen LogP contribution in [0.25, 0.3) is 0 Å². The second-order valence-electron chi connectivity index (χ2n) is 5.38. The Morgan fingerprint density at radius 1 is 1.15 bits per heavy atom. The molecule has 2 rings (SSSR count). The van der Waals surface area contributed by atoms with Gasteiger partial charge in [-0.2, -0.15) is 0 Å². The van der Waals surface area contributed by atoms with E-state index < -0.39 is 17.6 Å². The Bertz CT molecular complexity index is 852. The molecule has 0 aliphatic carbocycles. The van der Waals surface area contributed by atoms with E-state index in [1.54, 1.807) is 24.3 Å². The third-order valence-electron chi connectivity index (χ3n) is 3.25. The topological polar surface area (TPSA) is 85.2 Å². The first-order chi connectivity index (χ1) is 12.9. The van der Waals surface area contributed by atoms with Crippen LogP contribution in [0.5, 0.6) is 5.75 Å². The fraction of sp³-hybridized carbons (Fsp3) is 0.211. The number of oxime groups is 1. The number of hydrogen-bond donors (Lipinski definition) is 1. The van der Waals surface area contributed by atoms with Gasteiger partial charge in [-0.3, -0.25) is 4.79 Å². The van der Waals surface area contributed by atoms with E-state index in [1.165, 1.54) is 30.8 Å². The van der Waals surface area contributed by atoms with Crippen molar-refractivity contribution >= 4 is 29.2 Å². The van der Waals surface area contributed by atoms with Gasteiger partial charge in [-0.1, -0.05) is 16.9 Å². The van der Waals surface area contributed by atoms with E-state index in [2.05, 4.69) is 9.99 Å². The predicted octanol–water partition coefficient (Wildman–Crippen LogP) is 3.47. The molecule has 0 amide bonds. The summed E-state index contributed by atoms with van der Waals surface area (Å²) in [4.78, 5) is 28.5. The fourth-order valence-corrected chi connectivity index (χ4v) is 2.82. The highest BCUT2D eigenvalue weighted by Gasteiger charge is 2.14. The Balaban J connectivity index is 2.09. The van der Waals surface area contributed by atoms with Crippen LogP contribution in [-0.2, 0) is 9.63 Å². The van der Waals surface area contributed by atoms with Crippen molar-refractivity contribution in [1.82, 2.24) is 0 Å². The van der Waals surface area contributed by atoms with Crippen LogP contribution in [0.2, 0.25) is 0 Å². The molecule has 0 heterocycles. The third-order valence-corrected chi connectivity index (χ3v) is 4.30. The number of halogens is 1. The Hall–Kier alpha value is -2.71. The molecule has 0 aliphatic heterocycles. The van der Waals surface area contributed by atoms with Crippen LogP contribution < -0.4 is 4.74 Å². The van der Waals surface area contributed by atoms with Gasteiger partial charge in [-0.05, 0) is 49.4 Å². The first kappa shape index (κ1) is 20.6. The summed E-state index contributed by atoms with van der Waals surface area (Å²) in [5.74, 6) is -1.12. The third kappa shape index (κ3) is 6.19. The van der Waals surface area contributed by atoms with Crippen LogP contribution in [0.3, 0.4) is 0 Å². The smallest absolute Gasteiger partial charge is 0.331 e. The minimum Gasteiger partial charge on any atom is -0.491 e. The van der Waals surface area contributed by atoms with Gasteiger partial charge in [0, 0.05) is 22.3 Å². The number of aliphatic hydroxyl groups is 1. The number of rotatable bonds is 8. The number of ether oxygens (including phenoxy) is 1. The molecule has 27 heavy (non-hydrogen) atoms. The van der Waals surface area contributed by atoms with Gasteiger partial charge in [-0.25, -0.2) is 9.18 Å². The van der Waals surface area contributed by atoms with Crippen LogP contribution in [0, 0.1) is 5.82 Å². The summed E-state index contributed by atoms with van der Waals surface area (Å²) in [7, 11) is 0. The van der Waals surface area contributed by atoms with Gasteiger partial charge in [-0.15, -0.1) is 0 Å². The van der Waals surface area contributed by atoms with Crippen molar-refractivity contribution in [2.75, 3.05) is 13.2 Å². The summed E-state index contributed by atoms with van der Waals surface area (Å²) in [6, 6.07) is 11.1. The lowest BCUT2D eigenvalue weighted by molar-refractivity contribution is -0.140. The van der Waals surface area contributed by atoms with E-state index >= 15 is 0 Å². The number of aliphatic hydroxyl groups excluding tert-OH is 1. The first-order valence-corrected chi connectivity index (χ1v) is 8.80. The van der Waals surface area contributed by atoms with E-state index in [1.807, 2.05) is 0 Å². The number of Topliss-reactive ketones (excluding diaryl/α,β-unsaturated/α-hetero) is 1. The lowest BCUT2D eigenvalue weighted by atomic mass is 10.1. The maximum Gasteiger partial charge on any atom is 0.331 e. The molecule has 0 aromatic heterocycles. The van der Waals surface area contributed by atoms with Gasteiger partial charge in [0.05, 0.1) is 6.61 Å². The SMILES string of the molecule is CC(=O)O/N=C(\C)C(=O)c1ccc(Sc2ccc(OCCO)cc2)c(F)c1. The van der Waals surface area contributed by atoms with Crippen molar-refractivity contribution in [3.05, 3.63) is 53.8 Å². The molecular formula is C19H18FNO5S. The molecule has 1 N–H and O–H groups in total. The highest BCUT2D eigenvalue weighted by molar-refractivity contribution is 7.99. The number of carbonyl (C=O) groups is 2. The minimum atomic E-state index is -0.646. The lowest BCUT2D eigenvalue weighted by Crippen LogP contribution is -2.12. The molecule has 0 fully saturated rings. The normalized spacial score (nSPS) is 11.2. The average Bonchev–Trinajstić information content (AvgIpc) is 2.66. The number of carbonyl (C=O) groups excluding carboxylic acids is 2. The highest BCUT2D eigenvalue weighted by Crippen LogP contribution is 2.31.